The first-order chi connectivity index (χ1) is 11.6. The summed E-state index contributed by atoms with van der Waals surface area (Å²) in [7, 11) is 0. The molecular formula is C20H14N2O2. The smallest absolute Gasteiger partial charge is 0.256 e. The van der Waals surface area contributed by atoms with E-state index in [-0.39, 0.29) is 11.7 Å². The number of pyridine rings is 1. The van der Waals surface area contributed by atoms with E-state index >= 15 is 0 Å². The van der Waals surface area contributed by atoms with Crippen molar-refractivity contribution < 1.29 is 9.59 Å². The molecule has 3 aromatic rings. The van der Waals surface area contributed by atoms with Crippen molar-refractivity contribution >= 4 is 17.5 Å². The number of carbonyl (C=O) groups excluding carboxylic acids is 2. The van der Waals surface area contributed by atoms with Crippen LogP contribution in [0.3, 0.4) is 0 Å². The molecule has 0 saturated heterocycles. The molecule has 1 N–H and O–H groups in total. The first-order valence-electron chi connectivity index (χ1n) is 7.66. The predicted molar refractivity (Wildman–Crippen MR) is 92.2 cm³/mol. The molecule has 0 radical (unpaired) electrons. The SMILES string of the molecule is Cc1cccc(NC(=O)c2ccc3c(c2)C(=O)c2ccccc2-3)n1. The van der Waals surface area contributed by atoms with Gasteiger partial charge in [-0.1, -0.05) is 36.4 Å². The zero-order valence-corrected chi connectivity index (χ0v) is 13.0. The number of fused-ring (bicyclic) bond motifs is 3. The number of aryl methyl sites for hydroxylation is 1. The quantitative estimate of drug-likeness (QED) is 0.611. The van der Waals surface area contributed by atoms with Gasteiger partial charge in [-0.05, 0) is 42.3 Å². The average molecular weight is 314 g/mol. The summed E-state index contributed by atoms with van der Waals surface area (Å²) in [5, 5.41) is 2.76. The van der Waals surface area contributed by atoms with Crippen LogP contribution in [0.5, 0.6) is 0 Å². The second-order valence-electron chi connectivity index (χ2n) is 5.75. The van der Waals surface area contributed by atoms with E-state index < -0.39 is 0 Å². The van der Waals surface area contributed by atoms with E-state index in [1.54, 1.807) is 18.2 Å². The fourth-order valence-corrected chi connectivity index (χ4v) is 2.97. The number of ketones is 1. The third-order valence-electron chi connectivity index (χ3n) is 4.12. The number of nitrogens with zero attached hydrogens (tertiary/aromatic N) is 1. The van der Waals surface area contributed by atoms with E-state index in [1.165, 1.54) is 0 Å². The van der Waals surface area contributed by atoms with Gasteiger partial charge in [0.2, 0.25) is 0 Å². The maximum atomic E-state index is 12.5. The lowest BCUT2D eigenvalue weighted by molar-refractivity contribution is 0.102. The molecule has 0 atom stereocenters. The van der Waals surface area contributed by atoms with E-state index in [4.69, 9.17) is 0 Å². The van der Waals surface area contributed by atoms with Crippen LogP contribution >= 0.6 is 0 Å². The Labute approximate surface area is 139 Å². The normalized spacial score (nSPS) is 11.8. The summed E-state index contributed by atoms with van der Waals surface area (Å²) >= 11 is 0. The summed E-state index contributed by atoms with van der Waals surface area (Å²) < 4.78 is 0. The summed E-state index contributed by atoms with van der Waals surface area (Å²) in [6.45, 7) is 1.86. The summed E-state index contributed by atoms with van der Waals surface area (Å²) in [4.78, 5) is 29.2. The fraction of sp³-hybridized carbons (Fsp3) is 0.0500. The number of carbonyl (C=O) groups is 2. The molecule has 0 aliphatic heterocycles. The molecule has 4 heteroatoms. The molecule has 0 spiro atoms. The zero-order chi connectivity index (χ0) is 16.7. The minimum absolute atomic E-state index is 0.0380. The van der Waals surface area contributed by atoms with Crippen LogP contribution < -0.4 is 5.32 Å². The highest BCUT2D eigenvalue weighted by Crippen LogP contribution is 2.36. The molecule has 0 unspecified atom stereocenters. The van der Waals surface area contributed by atoms with Crippen LogP contribution in [0, 0.1) is 6.92 Å². The lowest BCUT2D eigenvalue weighted by Gasteiger charge is -2.07. The van der Waals surface area contributed by atoms with Crippen LogP contribution in [0.4, 0.5) is 5.82 Å². The van der Waals surface area contributed by atoms with E-state index in [9.17, 15) is 9.59 Å². The van der Waals surface area contributed by atoms with Crippen LogP contribution in [0.15, 0.2) is 60.7 Å². The van der Waals surface area contributed by atoms with Crippen molar-refractivity contribution in [2.75, 3.05) is 5.32 Å². The average Bonchev–Trinajstić information content (AvgIpc) is 2.88. The highest BCUT2D eigenvalue weighted by molar-refractivity contribution is 6.22. The first kappa shape index (κ1) is 14.3. The Bertz CT molecular complexity index is 992. The Balaban J connectivity index is 1.67. The maximum Gasteiger partial charge on any atom is 0.256 e. The molecule has 1 aliphatic carbocycles. The number of hydrogen-bond acceptors (Lipinski definition) is 3. The molecule has 4 nitrogen and oxygen atoms in total. The van der Waals surface area contributed by atoms with Crippen LogP contribution in [-0.2, 0) is 0 Å². The first-order valence-corrected chi connectivity index (χ1v) is 7.66. The van der Waals surface area contributed by atoms with Crippen molar-refractivity contribution in [1.29, 1.82) is 0 Å². The van der Waals surface area contributed by atoms with E-state index in [0.717, 1.165) is 16.8 Å². The van der Waals surface area contributed by atoms with E-state index in [2.05, 4.69) is 10.3 Å². The molecule has 24 heavy (non-hydrogen) atoms. The van der Waals surface area contributed by atoms with Crippen molar-refractivity contribution in [3.8, 4) is 11.1 Å². The summed E-state index contributed by atoms with van der Waals surface area (Å²) in [6.07, 6.45) is 0. The Morgan fingerprint density at radius 1 is 0.875 bits per heavy atom. The van der Waals surface area contributed by atoms with Crippen molar-refractivity contribution in [2.24, 2.45) is 0 Å². The minimum atomic E-state index is -0.278. The topological polar surface area (TPSA) is 59.1 Å². The van der Waals surface area contributed by atoms with E-state index in [1.807, 2.05) is 49.4 Å². The molecule has 1 aromatic heterocycles. The van der Waals surface area contributed by atoms with Crippen LogP contribution in [0.2, 0.25) is 0 Å². The lowest BCUT2D eigenvalue weighted by atomic mass is 10.0. The maximum absolute atomic E-state index is 12.5. The number of anilines is 1. The standard InChI is InChI=1S/C20H14N2O2/c1-12-5-4-8-18(21-12)22-20(24)13-9-10-15-14-6-2-3-7-16(14)19(23)17(15)11-13/h2-11H,1H3,(H,21,22,24). The van der Waals surface area contributed by atoms with Crippen molar-refractivity contribution in [1.82, 2.24) is 4.98 Å². The fourth-order valence-electron chi connectivity index (χ4n) is 2.97. The number of benzene rings is 2. The van der Waals surface area contributed by atoms with Crippen molar-refractivity contribution in [3.63, 3.8) is 0 Å². The molecule has 0 fully saturated rings. The van der Waals surface area contributed by atoms with Gasteiger partial charge in [0, 0.05) is 22.4 Å². The number of hydrogen-bond donors (Lipinski definition) is 1. The second-order valence-corrected chi connectivity index (χ2v) is 5.75. The number of aromatic nitrogens is 1. The van der Waals surface area contributed by atoms with Gasteiger partial charge in [0.25, 0.3) is 5.91 Å². The van der Waals surface area contributed by atoms with Gasteiger partial charge in [-0.15, -0.1) is 0 Å². The van der Waals surface area contributed by atoms with Gasteiger partial charge in [-0.25, -0.2) is 4.98 Å². The molecule has 0 saturated carbocycles. The Morgan fingerprint density at radius 3 is 2.42 bits per heavy atom. The summed E-state index contributed by atoms with van der Waals surface area (Å²) in [6, 6.07) is 18.1. The minimum Gasteiger partial charge on any atom is -0.307 e. The highest BCUT2D eigenvalue weighted by Gasteiger charge is 2.27. The Hall–Kier alpha value is -3.27. The van der Waals surface area contributed by atoms with E-state index in [0.29, 0.717) is 22.5 Å². The van der Waals surface area contributed by atoms with Gasteiger partial charge in [0.15, 0.2) is 5.78 Å². The molecule has 1 aliphatic rings. The molecule has 1 amide bonds. The van der Waals surface area contributed by atoms with Crippen molar-refractivity contribution in [3.05, 3.63) is 83.0 Å². The molecule has 4 rings (SSSR count). The molecule has 1 heterocycles. The van der Waals surface area contributed by atoms with Crippen LogP contribution in [0.25, 0.3) is 11.1 Å². The Kier molecular flexibility index (Phi) is 3.24. The third-order valence-corrected chi connectivity index (χ3v) is 4.12. The highest BCUT2D eigenvalue weighted by atomic mass is 16.1. The third kappa shape index (κ3) is 2.29. The second kappa shape index (κ2) is 5.42. The number of nitrogens with one attached hydrogen (secondary N) is 1. The van der Waals surface area contributed by atoms with Gasteiger partial charge in [0.05, 0.1) is 0 Å². The van der Waals surface area contributed by atoms with Gasteiger partial charge in [-0.3, -0.25) is 9.59 Å². The molecule has 116 valence electrons. The van der Waals surface area contributed by atoms with Gasteiger partial charge >= 0.3 is 0 Å². The Morgan fingerprint density at radius 2 is 1.62 bits per heavy atom. The van der Waals surface area contributed by atoms with Crippen molar-refractivity contribution in [2.45, 2.75) is 6.92 Å². The largest absolute Gasteiger partial charge is 0.307 e. The zero-order valence-electron chi connectivity index (χ0n) is 13.0. The summed E-state index contributed by atoms with van der Waals surface area (Å²) in [5.41, 5.74) is 4.32. The van der Waals surface area contributed by atoms with Gasteiger partial charge < -0.3 is 5.32 Å². The predicted octanol–water partition coefficient (Wildman–Crippen LogP) is 3.85. The van der Waals surface area contributed by atoms with Gasteiger partial charge in [-0.2, -0.15) is 0 Å². The monoisotopic (exact) mass is 314 g/mol. The number of amides is 1. The number of rotatable bonds is 2. The summed E-state index contributed by atoms with van der Waals surface area (Å²) in [5.74, 6) is 0.179. The molecule has 0 bridgehead atoms. The molecular weight excluding hydrogens is 300 g/mol. The lowest BCUT2D eigenvalue weighted by Crippen LogP contribution is -2.13. The van der Waals surface area contributed by atoms with Crippen LogP contribution in [0.1, 0.15) is 32.0 Å². The van der Waals surface area contributed by atoms with Gasteiger partial charge in [0.1, 0.15) is 5.82 Å². The van der Waals surface area contributed by atoms with Crippen LogP contribution in [-0.4, -0.2) is 16.7 Å². The molecule has 2 aromatic carbocycles.